The Balaban J connectivity index is 2.37. The third-order valence-corrected chi connectivity index (χ3v) is 0.802. The molecule has 1 fully saturated rings. The van der Waals surface area contributed by atoms with Gasteiger partial charge in [0, 0.05) is 13.1 Å². The van der Waals surface area contributed by atoms with E-state index in [1.54, 1.807) is 0 Å². The van der Waals surface area contributed by atoms with Crippen LogP contribution in [0.4, 0.5) is 0 Å². The Bertz CT molecular complexity index is 59.9. The van der Waals surface area contributed by atoms with E-state index >= 15 is 0 Å². The van der Waals surface area contributed by atoms with Crippen molar-refractivity contribution in [2.75, 3.05) is 13.1 Å². The molecule has 0 aromatic heterocycles. The lowest BCUT2D eigenvalue weighted by Crippen LogP contribution is -2.06. The minimum absolute atomic E-state index is 0.954. The van der Waals surface area contributed by atoms with Crippen LogP contribution in [-0.4, -0.2) is 13.1 Å². The molecule has 0 spiro atoms. The maximum Gasteiger partial charge on any atom is 0.0913 e. The standard InChI is InChI=1S/C4H8N2/c1-4-5-2-3-6-4/h5-6H,1-3H2. The summed E-state index contributed by atoms with van der Waals surface area (Å²) in [6, 6.07) is 0. The van der Waals surface area contributed by atoms with Gasteiger partial charge < -0.3 is 10.6 Å². The molecule has 0 aromatic rings. The fraction of sp³-hybridized carbons (Fsp3) is 0.500. The van der Waals surface area contributed by atoms with Crippen molar-refractivity contribution >= 4 is 0 Å². The Kier molecular flexibility index (Phi) is 0.708. The highest BCUT2D eigenvalue weighted by Crippen LogP contribution is 1.80. The predicted molar refractivity (Wildman–Crippen MR) is 25.1 cm³/mol. The second kappa shape index (κ2) is 1.20. The Morgan fingerprint density at radius 2 is 1.83 bits per heavy atom. The van der Waals surface area contributed by atoms with Gasteiger partial charge in [-0.05, 0) is 0 Å². The van der Waals surface area contributed by atoms with Crippen LogP contribution < -0.4 is 10.6 Å². The molecule has 6 heavy (non-hydrogen) atoms. The molecular formula is C4H8N2. The summed E-state index contributed by atoms with van der Waals surface area (Å²) in [5.74, 6) is 0.954. The van der Waals surface area contributed by atoms with Gasteiger partial charge in [0.25, 0.3) is 0 Å². The predicted octanol–water partition coefficient (Wildman–Crippen LogP) is -0.350. The molecule has 2 N–H and O–H groups in total. The molecule has 0 amide bonds. The summed E-state index contributed by atoms with van der Waals surface area (Å²) < 4.78 is 0. The van der Waals surface area contributed by atoms with Gasteiger partial charge in [-0.2, -0.15) is 0 Å². The molecule has 2 heteroatoms. The zero-order chi connectivity index (χ0) is 4.41. The van der Waals surface area contributed by atoms with Crippen molar-refractivity contribution in [3.8, 4) is 0 Å². The van der Waals surface area contributed by atoms with E-state index in [-0.39, 0.29) is 0 Å². The highest BCUT2D eigenvalue weighted by Gasteiger charge is 1.96. The smallest absolute Gasteiger partial charge is 0.0913 e. The molecule has 2 nitrogen and oxygen atoms in total. The number of hydrogen-bond acceptors (Lipinski definition) is 2. The fourth-order valence-corrected chi connectivity index (χ4v) is 0.489. The number of nitrogens with one attached hydrogen (secondary N) is 2. The lowest BCUT2D eigenvalue weighted by atomic mass is 10.7. The largest absolute Gasteiger partial charge is 0.371 e. The lowest BCUT2D eigenvalue weighted by Gasteiger charge is -1.89. The molecule has 0 saturated carbocycles. The Labute approximate surface area is 37.2 Å². The molecule has 0 atom stereocenters. The molecule has 0 radical (unpaired) electrons. The average molecular weight is 84.1 g/mol. The topological polar surface area (TPSA) is 24.1 Å². The van der Waals surface area contributed by atoms with Gasteiger partial charge >= 0.3 is 0 Å². The van der Waals surface area contributed by atoms with E-state index in [2.05, 4.69) is 17.2 Å². The van der Waals surface area contributed by atoms with E-state index in [0.717, 1.165) is 18.9 Å². The van der Waals surface area contributed by atoms with Crippen LogP contribution in [-0.2, 0) is 0 Å². The van der Waals surface area contributed by atoms with Crippen LogP contribution in [0.15, 0.2) is 12.4 Å². The zero-order valence-electron chi connectivity index (χ0n) is 3.62. The van der Waals surface area contributed by atoms with E-state index in [1.165, 1.54) is 0 Å². The van der Waals surface area contributed by atoms with E-state index in [0.29, 0.717) is 0 Å². The quantitative estimate of drug-likeness (QED) is 0.419. The van der Waals surface area contributed by atoms with E-state index in [4.69, 9.17) is 0 Å². The minimum atomic E-state index is 0.954. The number of rotatable bonds is 0. The van der Waals surface area contributed by atoms with Gasteiger partial charge in [-0.15, -0.1) is 0 Å². The van der Waals surface area contributed by atoms with Crippen molar-refractivity contribution in [2.45, 2.75) is 0 Å². The van der Waals surface area contributed by atoms with Crippen LogP contribution in [0, 0.1) is 0 Å². The van der Waals surface area contributed by atoms with Crippen molar-refractivity contribution in [1.82, 2.24) is 10.6 Å². The maximum atomic E-state index is 3.63. The first-order chi connectivity index (χ1) is 2.89. The minimum Gasteiger partial charge on any atom is -0.371 e. The van der Waals surface area contributed by atoms with Crippen LogP contribution in [0.3, 0.4) is 0 Å². The second-order valence-electron chi connectivity index (χ2n) is 1.33. The molecule has 1 heterocycles. The normalized spacial score (nSPS) is 19.7. The van der Waals surface area contributed by atoms with Crippen LogP contribution in [0.5, 0.6) is 0 Å². The first-order valence-electron chi connectivity index (χ1n) is 2.06. The highest BCUT2D eigenvalue weighted by atomic mass is 15.1. The molecule has 1 saturated heterocycles. The summed E-state index contributed by atoms with van der Waals surface area (Å²) in [5.41, 5.74) is 0. The van der Waals surface area contributed by atoms with E-state index in [9.17, 15) is 0 Å². The molecule has 1 aliphatic heterocycles. The molecule has 0 aliphatic carbocycles. The van der Waals surface area contributed by atoms with Gasteiger partial charge in [0.15, 0.2) is 0 Å². The average Bonchev–Trinajstić information content (AvgIpc) is 1.86. The van der Waals surface area contributed by atoms with E-state index in [1.807, 2.05) is 0 Å². The third-order valence-electron chi connectivity index (χ3n) is 0.802. The van der Waals surface area contributed by atoms with Crippen molar-refractivity contribution < 1.29 is 0 Å². The summed E-state index contributed by atoms with van der Waals surface area (Å²) >= 11 is 0. The maximum absolute atomic E-state index is 3.63. The molecule has 1 rings (SSSR count). The van der Waals surface area contributed by atoms with Crippen LogP contribution in [0.2, 0.25) is 0 Å². The highest BCUT2D eigenvalue weighted by molar-refractivity contribution is 4.93. The monoisotopic (exact) mass is 84.1 g/mol. The van der Waals surface area contributed by atoms with Gasteiger partial charge in [-0.3, -0.25) is 0 Å². The van der Waals surface area contributed by atoms with Gasteiger partial charge in [-0.1, -0.05) is 6.58 Å². The molecular weight excluding hydrogens is 76.1 g/mol. The zero-order valence-corrected chi connectivity index (χ0v) is 3.62. The Morgan fingerprint density at radius 1 is 1.33 bits per heavy atom. The molecule has 0 bridgehead atoms. The van der Waals surface area contributed by atoms with E-state index < -0.39 is 0 Å². The van der Waals surface area contributed by atoms with Gasteiger partial charge in [0.05, 0.1) is 5.82 Å². The molecule has 0 unspecified atom stereocenters. The lowest BCUT2D eigenvalue weighted by molar-refractivity contribution is 0.942. The molecule has 0 aromatic carbocycles. The van der Waals surface area contributed by atoms with Crippen molar-refractivity contribution in [3.63, 3.8) is 0 Å². The SMILES string of the molecule is C=C1NCCN1. The molecule has 1 aliphatic rings. The summed E-state index contributed by atoms with van der Waals surface area (Å²) in [5, 5.41) is 6.03. The van der Waals surface area contributed by atoms with Gasteiger partial charge in [-0.25, -0.2) is 0 Å². The Hall–Kier alpha value is -0.660. The summed E-state index contributed by atoms with van der Waals surface area (Å²) in [7, 11) is 0. The first-order valence-corrected chi connectivity index (χ1v) is 2.06. The second-order valence-corrected chi connectivity index (χ2v) is 1.33. The fourth-order valence-electron chi connectivity index (χ4n) is 0.489. The van der Waals surface area contributed by atoms with Crippen LogP contribution >= 0.6 is 0 Å². The van der Waals surface area contributed by atoms with Crippen molar-refractivity contribution in [3.05, 3.63) is 12.4 Å². The summed E-state index contributed by atoms with van der Waals surface area (Å²) in [6.07, 6.45) is 0. The van der Waals surface area contributed by atoms with Crippen LogP contribution in [0.25, 0.3) is 0 Å². The summed E-state index contributed by atoms with van der Waals surface area (Å²) in [6.45, 7) is 5.69. The Morgan fingerprint density at radius 3 is 2.00 bits per heavy atom. The van der Waals surface area contributed by atoms with Gasteiger partial charge in [0.1, 0.15) is 0 Å². The first kappa shape index (κ1) is 3.53. The van der Waals surface area contributed by atoms with Crippen molar-refractivity contribution in [2.24, 2.45) is 0 Å². The molecule has 34 valence electrons. The third kappa shape index (κ3) is 0.455. The summed E-state index contributed by atoms with van der Waals surface area (Å²) in [4.78, 5) is 0. The van der Waals surface area contributed by atoms with Gasteiger partial charge in [0.2, 0.25) is 0 Å². The van der Waals surface area contributed by atoms with Crippen molar-refractivity contribution in [1.29, 1.82) is 0 Å². The van der Waals surface area contributed by atoms with Crippen LogP contribution in [0.1, 0.15) is 0 Å². The number of hydrogen-bond donors (Lipinski definition) is 2.